The van der Waals surface area contributed by atoms with E-state index in [2.05, 4.69) is 24.0 Å². The number of hydrogen-bond acceptors (Lipinski definition) is 2. The molecular formula is C18H24N2O2. The highest BCUT2D eigenvalue weighted by atomic mass is 16.5. The van der Waals surface area contributed by atoms with Gasteiger partial charge in [0.2, 0.25) is 5.91 Å². The van der Waals surface area contributed by atoms with Gasteiger partial charge in [-0.2, -0.15) is 0 Å². The largest absolute Gasteiger partial charge is 0.381 e. The molecule has 2 aromatic rings. The lowest BCUT2D eigenvalue weighted by molar-refractivity contribution is -0.132. The molecule has 1 aromatic heterocycles. The van der Waals surface area contributed by atoms with Crippen molar-refractivity contribution in [1.29, 1.82) is 0 Å². The van der Waals surface area contributed by atoms with Crippen LogP contribution in [0.25, 0.3) is 10.9 Å². The Morgan fingerprint density at radius 1 is 1.41 bits per heavy atom. The van der Waals surface area contributed by atoms with Gasteiger partial charge in [0.1, 0.15) is 0 Å². The number of benzene rings is 1. The number of H-pyrrole nitrogens is 1. The van der Waals surface area contributed by atoms with Crippen molar-refractivity contribution in [2.75, 3.05) is 20.3 Å². The summed E-state index contributed by atoms with van der Waals surface area (Å²) in [5.41, 5.74) is 3.49. The molecule has 22 heavy (non-hydrogen) atoms. The Kier molecular flexibility index (Phi) is 4.48. The van der Waals surface area contributed by atoms with E-state index in [0.717, 1.165) is 37.3 Å². The maximum atomic E-state index is 12.4. The molecule has 2 heterocycles. The Labute approximate surface area is 131 Å². The van der Waals surface area contributed by atoms with Gasteiger partial charge in [-0.25, -0.2) is 0 Å². The molecule has 0 saturated carbocycles. The van der Waals surface area contributed by atoms with Gasteiger partial charge in [-0.3, -0.25) is 4.79 Å². The maximum absolute atomic E-state index is 12.4. The van der Waals surface area contributed by atoms with Crippen molar-refractivity contribution >= 4 is 16.8 Å². The van der Waals surface area contributed by atoms with Crippen LogP contribution in [0.2, 0.25) is 0 Å². The van der Waals surface area contributed by atoms with Gasteiger partial charge in [0.15, 0.2) is 0 Å². The second-order valence-corrected chi connectivity index (χ2v) is 6.31. The number of carbonyl (C=O) groups is 1. The fraction of sp³-hybridized carbons (Fsp3) is 0.500. The third kappa shape index (κ3) is 3.17. The van der Waals surface area contributed by atoms with E-state index >= 15 is 0 Å². The lowest BCUT2D eigenvalue weighted by Gasteiger charge is -2.24. The van der Waals surface area contributed by atoms with Crippen LogP contribution in [-0.4, -0.2) is 36.1 Å². The summed E-state index contributed by atoms with van der Waals surface area (Å²) in [4.78, 5) is 17.7. The second kappa shape index (κ2) is 6.53. The van der Waals surface area contributed by atoms with E-state index in [0.29, 0.717) is 18.9 Å². The molecule has 118 valence electrons. The number of ether oxygens (including phenoxy) is 1. The highest BCUT2D eigenvalue weighted by Gasteiger charge is 2.20. The standard InChI is InChI=1S/C18H24N2O2/c1-13-15-7-3-4-8-16(15)19-17(13)11-20(2)18(21)10-14-6-5-9-22-12-14/h3-4,7-8,14,19H,5-6,9-12H2,1-2H3/t14-/m0/s1. The van der Waals surface area contributed by atoms with Crippen LogP contribution in [0.15, 0.2) is 24.3 Å². The van der Waals surface area contributed by atoms with Crippen molar-refractivity contribution in [1.82, 2.24) is 9.88 Å². The molecule has 1 N–H and O–H groups in total. The first-order valence-corrected chi connectivity index (χ1v) is 8.03. The minimum absolute atomic E-state index is 0.202. The van der Waals surface area contributed by atoms with E-state index in [4.69, 9.17) is 4.74 Å². The number of hydrogen-bond donors (Lipinski definition) is 1. The van der Waals surface area contributed by atoms with E-state index in [1.165, 1.54) is 10.9 Å². The number of aromatic nitrogens is 1. The van der Waals surface area contributed by atoms with E-state index in [-0.39, 0.29) is 5.91 Å². The molecule has 4 nitrogen and oxygen atoms in total. The molecule has 0 aliphatic carbocycles. The first-order valence-electron chi connectivity index (χ1n) is 8.03. The average Bonchev–Trinajstić information content (AvgIpc) is 2.85. The number of aryl methyl sites for hydroxylation is 1. The summed E-state index contributed by atoms with van der Waals surface area (Å²) in [5.74, 6) is 0.584. The van der Waals surface area contributed by atoms with Crippen molar-refractivity contribution in [3.8, 4) is 0 Å². The highest BCUT2D eigenvalue weighted by Crippen LogP contribution is 2.23. The summed E-state index contributed by atoms with van der Waals surface area (Å²) in [5, 5.41) is 1.24. The monoisotopic (exact) mass is 300 g/mol. The Balaban J connectivity index is 1.65. The number of rotatable bonds is 4. The lowest BCUT2D eigenvalue weighted by atomic mass is 9.98. The Hall–Kier alpha value is -1.81. The minimum Gasteiger partial charge on any atom is -0.381 e. The minimum atomic E-state index is 0.202. The van der Waals surface area contributed by atoms with Gasteiger partial charge in [-0.05, 0) is 37.3 Å². The summed E-state index contributed by atoms with van der Waals surface area (Å²) in [6.45, 7) is 4.31. The Morgan fingerprint density at radius 2 is 2.23 bits per heavy atom. The molecule has 1 saturated heterocycles. The number of carbonyl (C=O) groups excluding carboxylic acids is 1. The van der Waals surface area contributed by atoms with E-state index in [1.54, 1.807) is 0 Å². The summed E-state index contributed by atoms with van der Waals surface area (Å²) >= 11 is 0. The van der Waals surface area contributed by atoms with Crippen molar-refractivity contribution in [2.24, 2.45) is 5.92 Å². The van der Waals surface area contributed by atoms with Crippen LogP contribution in [0.5, 0.6) is 0 Å². The SMILES string of the molecule is Cc1c(CN(C)C(=O)C[C@@H]2CCCOC2)[nH]c2ccccc12. The fourth-order valence-corrected chi connectivity index (χ4v) is 3.19. The van der Waals surface area contributed by atoms with Crippen LogP contribution in [0.4, 0.5) is 0 Å². The highest BCUT2D eigenvalue weighted by molar-refractivity contribution is 5.84. The number of aromatic amines is 1. The zero-order valence-corrected chi connectivity index (χ0v) is 13.4. The Morgan fingerprint density at radius 3 is 2.95 bits per heavy atom. The Bertz CT molecular complexity index is 656. The van der Waals surface area contributed by atoms with Crippen molar-refractivity contribution < 1.29 is 9.53 Å². The molecular weight excluding hydrogens is 276 g/mol. The molecule has 1 aliphatic rings. The molecule has 4 heteroatoms. The number of amides is 1. The molecule has 0 radical (unpaired) electrons. The first-order chi connectivity index (χ1) is 10.6. The summed E-state index contributed by atoms with van der Waals surface area (Å²) < 4.78 is 5.46. The molecule has 0 bridgehead atoms. The van der Waals surface area contributed by atoms with Gasteiger partial charge >= 0.3 is 0 Å². The number of para-hydroxylation sites is 1. The summed E-state index contributed by atoms with van der Waals surface area (Å²) in [6, 6.07) is 8.27. The number of nitrogens with one attached hydrogen (secondary N) is 1. The average molecular weight is 300 g/mol. The van der Waals surface area contributed by atoms with Crippen LogP contribution in [0.1, 0.15) is 30.5 Å². The second-order valence-electron chi connectivity index (χ2n) is 6.31. The van der Waals surface area contributed by atoms with Crippen molar-refractivity contribution in [3.63, 3.8) is 0 Å². The van der Waals surface area contributed by atoms with Crippen molar-refractivity contribution in [2.45, 2.75) is 32.7 Å². The van der Waals surface area contributed by atoms with E-state index in [1.807, 2.05) is 24.1 Å². The van der Waals surface area contributed by atoms with Gasteiger partial charge in [0.25, 0.3) is 0 Å². The van der Waals surface area contributed by atoms with Crippen LogP contribution in [0.3, 0.4) is 0 Å². The van der Waals surface area contributed by atoms with Gasteiger partial charge in [0.05, 0.1) is 6.54 Å². The molecule has 3 rings (SSSR count). The van der Waals surface area contributed by atoms with E-state index in [9.17, 15) is 4.79 Å². The van der Waals surface area contributed by atoms with Crippen molar-refractivity contribution in [3.05, 3.63) is 35.5 Å². The molecule has 1 amide bonds. The van der Waals surface area contributed by atoms with Gasteiger partial charge in [-0.15, -0.1) is 0 Å². The van der Waals surface area contributed by atoms with Gasteiger partial charge < -0.3 is 14.6 Å². The zero-order chi connectivity index (χ0) is 15.5. The zero-order valence-electron chi connectivity index (χ0n) is 13.4. The normalized spacial score (nSPS) is 18.5. The molecule has 0 unspecified atom stereocenters. The molecule has 1 atom stereocenters. The molecule has 1 aliphatic heterocycles. The van der Waals surface area contributed by atoms with Crippen LogP contribution >= 0.6 is 0 Å². The maximum Gasteiger partial charge on any atom is 0.223 e. The smallest absolute Gasteiger partial charge is 0.223 e. The van der Waals surface area contributed by atoms with Gasteiger partial charge in [0, 0.05) is 43.3 Å². The lowest BCUT2D eigenvalue weighted by Crippen LogP contribution is -2.30. The van der Waals surface area contributed by atoms with Gasteiger partial charge in [-0.1, -0.05) is 18.2 Å². The van der Waals surface area contributed by atoms with Crippen LogP contribution in [0, 0.1) is 12.8 Å². The third-order valence-corrected chi connectivity index (χ3v) is 4.61. The predicted octanol–water partition coefficient (Wildman–Crippen LogP) is 3.25. The molecule has 0 spiro atoms. The summed E-state index contributed by atoms with van der Waals surface area (Å²) in [7, 11) is 1.89. The van der Waals surface area contributed by atoms with E-state index < -0.39 is 0 Å². The quantitative estimate of drug-likeness (QED) is 0.942. The topological polar surface area (TPSA) is 45.3 Å². The summed E-state index contributed by atoms with van der Waals surface area (Å²) in [6.07, 6.45) is 2.77. The van der Waals surface area contributed by atoms with Crippen LogP contribution in [-0.2, 0) is 16.1 Å². The number of nitrogens with zero attached hydrogens (tertiary/aromatic N) is 1. The third-order valence-electron chi connectivity index (χ3n) is 4.61. The first kappa shape index (κ1) is 15.1. The fourth-order valence-electron chi connectivity index (χ4n) is 3.19. The van der Waals surface area contributed by atoms with Crippen LogP contribution < -0.4 is 0 Å². The number of fused-ring (bicyclic) bond motifs is 1. The predicted molar refractivity (Wildman–Crippen MR) is 87.7 cm³/mol. The molecule has 1 aromatic carbocycles. The molecule has 1 fully saturated rings.